The third-order valence-corrected chi connectivity index (χ3v) is 5.30. The number of likely N-dealkylation sites (tertiary alicyclic amines) is 1. The minimum atomic E-state index is -3.32. The van der Waals surface area contributed by atoms with Crippen LogP contribution in [0.3, 0.4) is 0 Å². The Kier molecular flexibility index (Phi) is 3.48. The largest absolute Gasteiger partial charge is 0.337 e. The number of nitrogens with zero attached hydrogens (tertiary/aromatic N) is 5. The highest BCUT2D eigenvalue weighted by atomic mass is 32.2. The maximum Gasteiger partial charge on any atom is 0.238 e. The van der Waals surface area contributed by atoms with E-state index in [4.69, 9.17) is 0 Å². The molecule has 21 heavy (non-hydrogen) atoms. The molecular formula is C12H19N5O3S. The van der Waals surface area contributed by atoms with Crippen LogP contribution in [0.15, 0.2) is 6.20 Å². The highest BCUT2D eigenvalue weighted by molar-refractivity contribution is 7.88. The number of rotatable bonds is 5. The molecule has 0 unspecified atom stereocenters. The summed E-state index contributed by atoms with van der Waals surface area (Å²) in [5, 5.41) is 8.27. The van der Waals surface area contributed by atoms with Gasteiger partial charge in [-0.3, -0.25) is 4.79 Å². The lowest BCUT2D eigenvalue weighted by atomic mass is 10.1. The van der Waals surface area contributed by atoms with Crippen molar-refractivity contribution in [2.45, 2.75) is 24.8 Å². The van der Waals surface area contributed by atoms with Crippen molar-refractivity contribution in [2.24, 2.45) is 0 Å². The molecule has 116 valence electrons. The molecule has 1 aliphatic heterocycles. The Balaban J connectivity index is 1.51. The van der Waals surface area contributed by atoms with E-state index >= 15 is 0 Å². The van der Waals surface area contributed by atoms with Gasteiger partial charge in [-0.1, -0.05) is 5.21 Å². The minimum absolute atomic E-state index is 0.115. The highest BCUT2D eigenvalue weighted by Gasteiger charge is 2.35. The lowest BCUT2D eigenvalue weighted by Crippen LogP contribution is -2.53. The first kappa shape index (κ1) is 14.5. The summed E-state index contributed by atoms with van der Waals surface area (Å²) in [6.45, 7) is 1.00. The summed E-state index contributed by atoms with van der Waals surface area (Å²) < 4.78 is 25.4. The van der Waals surface area contributed by atoms with Crippen LogP contribution in [-0.4, -0.2) is 71.5 Å². The van der Waals surface area contributed by atoms with Gasteiger partial charge in [-0.15, -0.1) is 5.10 Å². The summed E-state index contributed by atoms with van der Waals surface area (Å²) in [4.78, 5) is 13.6. The van der Waals surface area contributed by atoms with Crippen molar-refractivity contribution in [2.75, 3.05) is 32.9 Å². The van der Waals surface area contributed by atoms with Crippen molar-refractivity contribution in [3.63, 3.8) is 0 Å². The van der Waals surface area contributed by atoms with Crippen LogP contribution in [0.4, 0.5) is 0 Å². The highest BCUT2D eigenvalue weighted by Crippen LogP contribution is 2.39. The van der Waals surface area contributed by atoms with E-state index in [9.17, 15) is 13.2 Å². The summed E-state index contributed by atoms with van der Waals surface area (Å²) in [5.41, 5.74) is 1.04. The van der Waals surface area contributed by atoms with Gasteiger partial charge >= 0.3 is 0 Å². The first-order valence-corrected chi connectivity index (χ1v) is 8.80. The molecule has 0 N–H and O–H groups in total. The molecule has 0 spiro atoms. The summed E-state index contributed by atoms with van der Waals surface area (Å²) in [6.07, 6.45) is 5.43. The quantitative estimate of drug-likeness (QED) is 0.726. The van der Waals surface area contributed by atoms with Gasteiger partial charge in [0.05, 0.1) is 24.5 Å². The molecule has 2 heterocycles. The van der Waals surface area contributed by atoms with Crippen LogP contribution >= 0.6 is 0 Å². The normalized spacial score (nSPS) is 19.9. The zero-order chi connectivity index (χ0) is 15.2. The molecule has 1 aromatic heterocycles. The van der Waals surface area contributed by atoms with Crippen LogP contribution in [0.25, 0.3) is 0 Å². The Morgan fingerprint density at radius 1 is 1.43 bits per heavy atom. The van der Waals surface area contributed by atoms with Crippen molar-refractivity contribution >= 4 is 15.9 Å². The Hall–Kier alpha value is -1.48. The predicted molar refractivity (Wildman–Crippen MR) is 75.1 cm³/mol. The molecule has 0 radical (unpaired) electrons. The van der Waals surface area contributed by atoms with Gasteiger partial charge in [0.15, 0.2) is 0 Å². The number of carbonyl (C=O) groups excluding carboxylic acids is 1. The fraction of sp³-hybridized carbons (Fsp3) is 0.750. The zero-order valence-electron chi connectivity index (χ0n) is 12.1. The molecule has 1 saturated heterocycles. The molecular weight excluding hydrogens is 294 g/mol. The van der Waals surface area contributed by atoms with E-state index in [0.29, 0.717) is 19.0 Å². The van der Waals surface area contributed by atoms with Gasteiger partial charge in [-0.2, -0.15) is 4.31 Å². The molecule has 2 aliphatic rings. The van der Waals surface area contributed by atoms with Crippen molar-refractivity contribution in [1.82, 2.24) is 24.2 Å². The minimum Gasteiger partial charge on any atom is -0.337 e. The van der Waals surface area contributed by atoms with E-state index in [-0.39, 0.29) is 18.5 Å². The van der Waals surface area contributed by atoms with Gasteiger partial charge in [-0.05, 0) is 12.8 Å². The average Bonchev–Trinajstić information content (AvgIpc) is 3.06. The SMILES string of the molecule is CN(CC(=O)N1CC(n2cc(C3CC3)nn2)C1)S(C)(=O)=O. The molecule has 1 aliphatic carbocycles. The molecule has 2 fully saturated rings. The molecule has 1 aromatic rings. The van der Waals surface area contributed by atoms with Gasteiger partial charge in [0.25, 0.3) is 0 Å². The number of sulfonamides is 1. The molecule has 0 atom stereocenters. The number of carbonyl (C=O) groups is 1. The first-order valence-electron chi connectivity index (χ1n) is 6.95. The topological polar surface area (TPSA) is 88.4 Å². The number of hydrogen-bond acceptors (Lipinski definition) is 5. The maximum absolute atomic E-state index is 12.0. The lowest BCUT2D eigenvalue weighted by molar-refractivity contribution is -0.137. The van der Waals surface area contributed by atoms with E-state index in [2.05, 4.69) is 10.3 Å². The van der Waals surface area contributed by atoms with Crippen molar-refractivity contribution in [3.05, 3.63) is 11.9 Å². The monoisotopic (exact) mass is 313 g/mol. The second kappa shape index (κ2) is 5.06. The molecule has 3 rings (SSSR count). The smallest absolute Gasteiger partial charge is 0.238 e. The van der Waals surface area contributed by atoms with Crippen LogP contribution in [0.1, 0.15) is 30.5 Å². The van der Waals surface area contributed by atoms with Crippen LogP contribution in [0.5, 0.6) is 0 Å². The lowest BCUT2D eigenvalue weighted by Gasteiger charge is -2.39. The second-order valence-electron chi connectivity index (χ2n) is 5.87. The van der Waals surface area contributed by atoms with Gasteiger partial charge in [0, 0.05) is 32.3 Å². The van der Waals surface area contributed by atoms with Crippen molar-refractivity contribution in [1.29, 1.82) is 0 Å². The summed E-state index contributed by atoms with van der Waals surface area (Å²) in [6, 6.07) is 0.150. The second-order valence-corrected chi connectivity index (χ2v) is 7.96. The summed E-state index contributed by atoms with van der Waals surface area (Å²) in [5.74, 6) is 0.390. The van der Waals surface area contributed by atoms with Crippen molar-refractivity contribution < 1.29 is 13.2 Å². The van der Waals surface area contributed by atoms with E-state index in [1.165, 1.54) is 19.9 Å². The van der Waals surface area contributed by atoms with Crippen LogP contribution in [0, 0.1) is 0 Å². The summed E-state index contributed by atoms with van der Waals surface area (Å²) in [7, 11) is -1.92. The standard InChI is InChI=1S/C12H19N5O3S/c1-15(21(2,19)20)8-12(18)16-5-10(6-16)17-7-11(13-14-17)9-3-4-9/h7,9-10H,3-6,8H2,1-2H3. The predicted octanol–water partition coefficient (Wildman–Crippen LogP) is -0.570. The molecule has 9 heteroatoms. The summed E-state index contributed by atoms with van der Waals surface area (Å²) >= 11 is 0. The number of hydrogen-bond donors (Lipinski definition) is 0. The van der Waals surface area contributed by atoms with Gasteiger partial charge in [0.2, 0.25) is 15.9 Å². The third-order valence-electron chi connectivity index (χ3n) is 4.04. The fourth-order valence-electron chi connectivity index (χ4n) is 2.27. The van der Waals surface area contributed by atoms with E-state index in [1.807, 2.05) is 10.9 Å². The van der Waals surface area contributed by atoms with Crippen molar-refractivity contribution in [3.8, 4) is 0 Å². The van der Waals surface area contributed by atoms with E-state index < -0.39 is 10.0 Å². The Morgan fingerprint density at radius 3 is 2.67 bits per heavy atom. The first-order chi connectivity index (χ1) is 9.84. The van der Waals surface area contributed by atoms with E-state index in [1.54, 1.807) is 4.90 Å². The molecule has 1 saturated carbocycles. The average molecular weight is 313 g/mol. The zero-order valence-corrected chi connectivity index (χ0v) is 13.0. The van der Waals surface area contributed by atoms with Gasteiger partial charge < -0.3 is 4.90 Å². The van der Waals surface area contributed by atoms with Crippen LogP contribution < -0.4 is 0 Å². The molecule has 0 aromatic carbocycles. The Morgan fingerprint density at radius 2 is 2.10 bits per heavy atom. The number of aromatic nitrogens is 3. The number of likely N-dealkylation sites (N-methyl/N-ethyl adjacent to an activating group) is 1. The van der Waals surface area contributed by atoms with Gasteiger partial charge in [-0.25, -0.2) is 13.1 Å². The maximum atomic E-state index is 12.0. The van der Waals surface area contributed by atoms with Crippen LogP contribution in [0.2, 0.25) is 0 Å². The molecule has 8 nitrogen and oxygen atoms in total. The number of amides is 1. The Bertz CT molecular complexity index is 646. The van der Waals surface area contributed by atoms with Gasteiger partial charge in [0.1, 0.15) is 0 Å². The molecule has 1 amide bonds. The molecule has 0 bridgehead atoms. The van der Waals surface area contributed by atoms with E-state index in [0.717, 1.165) is 16.3 Å². The fourth-order valence-corrected chi connectivity index (χ4v) is 2.61. The van der Waals surface area contributed by atoms with Crippen LogP contribution in [-0.2, 0) is 14.8 Å². The third kappa shape index (κ3) is 3.08. The Labute approximate surface area is 123 Å².